The highest BCUT2D eigenvalue weighted by Gasteiger charge is 2.22. The summed E-state index contributed by atoms with van der Waals surface area (Å²) in [5.74, 6) is 0. The van der Waals surface area contributed by atoms with E-state index < -0.39 is 5.56 Å². The van der Waals surface area contributed by atoms with Crippen molar-refractivity contribution >= 4 is 53.1 Å². The molecule has 8 heteroatoms. The van der Waals surface area contributed by atoms with Gasteiger partial charge in [-0.25, -0.2) is 4.98 Å². The number of carbonyl (C=O) groups is 2. The number of halogens is 2. The van der Waals surface area contributed by atoms with Crippen molar-refractivity contribution in [2.24, 2.45) is 0 Å². The highest BCUT2D eigenvalue weighted by Crippen LogP contribution is 2.43. The first-order valence-electron chi connectivity index (χ1n) is 12.6. The number of fused-ring (bicyclic) bond motifs is 2. The van der Waals surface area contributed by atoms with Crippen LogP contribution >= 0.6 is 23.2 Å². The van der Waals surface area contributed by atoms with Crippen LogP contribution in [0.1, 0.15) is 49.7 Å². The van der Waals surface area contributed by atoms with E-state index in [4.69, 9.17) is 23.2 Å². The molecule has 0 fully saturated rings. The maximum Gasteiger partial charge on any atom is 0.268 e. The van der Waals surface area contributed by atoms with Gasteiger partial charge in [0.15, 0.2) is 12.6 Å². The number of hydrogen-bond acceptors (Lipinski definition) is 5. The lowest BCUT2D eigenvalue weighted by molar-refractivity contribution is 0.111. The molecule has 0 atom stereocenters. The number of aldehydes is 2. The summed E-state index contributed by atoms with van der Waals surface area (Å²) >= 11 is 13.5. The Labute approximate surface area is 239 Å². The van der Waals surface area contributed by atoms with Crippen LogP contribution in [0.15, 0.2) is 71.8 Å². The number of benzene rings is 2. The minimum Gasteiger partial charge on any atom is -0.298 e. The van der Waals surface area contributed by atoms with Crippen molar-refractivity contribution in [1.82, 2.24) is 14.4 Å². The monoisotopic (exact) mass is 565 g/mol. The third kappa shape index (κ3) is 4.35. The molecule has 196 valence electrons. The van der Waals surface area contributed by atoms with E-state index in [9.17, 15) is 14.4 Å². The minimum atomic E-state index is -0.415. The van der Waals surface area contributed by atoms with Gasteiger partial charge in [-0.3, -0.25) is 23.8 Å². The van der Waals surface area contributed by atoms with Crippen LogP contribution in [0.4, 0.5) is 0 Å². The van der Waals surface area contributed by atoms with E-state index in [1.54, 1.807) is 31.3 Å². The standard InChI is InChI=1S/C32H21Cl2N3O3/c1-18-21(16-38)12-28(33)29(36-18)13-19-8-9-26-23(19)4-2-6-25(26)27-7-3-5-24(31(27)34)20-10-11-37-30(14-20)35-15-22(17-39)32(37)40/h2-7,10-17H,8-9H2,1H3/b19-13+. The number of pyridine rings is 2. The topological polar surface area (TPSA) is 81.4 Å². The van der Waals surface area contributed by atoms with Gasteiger partial charge in [-0.05, 0) is 71.9 Å². The van der Waals surface area contributed by atoms with Gasteiger partial charge in [-0.2, -0.15) is 0 Å². The molecular weight excluding hydrogens is 545 g/mol. The molecule has 0 amide bonds. The zero-order valence-electron chi connectivity index (χ0n) is 21.3. The largest absolute Gasteiger partial charge is 0.298 e. The van der Waals surface area contributed by atoms with E-state index in [1.807, 2.05) is 30.3 Å². The third-order valence-corrected chi connectivity index (χ3v) is 8.01. The van der Waals surface area contributed by atoms with Crippen molar-refractivity contribution in [3.8, 4) is 22.3 Å². The second kappa shape index (κ2) is 10.3. The highest BCUT2D eigenvalue weighted by atomic mass is 35.5. The molecule has 2 aromatic carbocycles. The zero-order chi connectivity index (χ0) is 28.0. The van der Waals surface area contributed by atoms with E-state index in [0.717, 1.165) is 52.5 Å². The van der Waals surface area contributed by atoms with Crippen molar-refractivity contribution < 1.29 is 9.59 Å². The fourth-order valence-corrected chi connectivity index (χ4v) is 5.80. The quantitative estimate of drug-likeness (QED) is 0.211. The van der Waals surface area contributed by atoms with Crippen LogP contribution in [-0.2, 0) is 6.42 Å². The fourth-order valence-electron chi connectivity index (χ4n) is 5.25. The van der Waals surface area contributed by atoms with Gasteiger partial charge >= 0.3 is 0 Å². The van der Waals surface area contributed by atoms with Crippen LogP contribution in [0.25, 0.3) is 39.6 Å². The average molecular weight is 566 g/mol. The molecule has 0 spiro atoms. The van der Waals surface area contributed by atoms with E-state index in [2.05, 4.69) is 22.1 Å². The second-order valence-corrected chi connectivity index (χ2v) is 10.4. The Hall–Kier alpha value is -4.39. The number of aromatic nitrogens is 3. The van der Waals surface area contributed by atoms with Gasteiger partial charge in [0.1, 0.15) is 5.65 Å². The zero-order valence-corrected chi connectivity index (χ0v) is 22.8. The van der Waals surface area contributed by atoms with Gasteiger partial charge < -0.3 is 0 Å². The SMILES string of the molecule is Cc1nc(/C=C2\CCc3c2cccc3-c2cccc(-c3ccn4c(=O)c(C=O)cnc4c3)c2Cl)c(Cl)cc1C=O. The normalized spacial score (nSPS) is 13.5. The van der Waals surface area contributed by atoms with E-state index >= 15 is 0 Å². The number of rotatable bonds is 5. The Morgan fingerprint density at radius 2 is 1.60 bits per heavy atom. The molecule has 1 aliphatic carbocycles. The number of allylic oxidation sites excluding steroid dienone is 1. The molecule has 6 rings (SSSR count). The summed E-state index contributed by atoms with van der Waals surface area (Å²) < 4.78 is 1.35. The fraction of sp³-hybridized carbons (Fsp3) is 0.0938. The lowest BCUT2D eigenvalue weighted by Gasteiger charge is -2.14. The van der Waals surface area contributed by atoms with Crippen LogP contribution in [0.2, 0.25) is 10.0 Å². The predicted molar refractivity (Wildman–Crippen MR) is 158 cm³/mol. The molecule has 0 saturated carbocycles. The summed E-state index contributed by atoms with van der Waals surface area (Å²) in [5, 5.41) is 1.03. The first kappa shape index (κ1) is 25.9. The summed E-state index contributed by atoms with van der Waals surface area (Å²) in [5.41, 5.74) is 8.77. The van der Waals surface area contributed by atoms with Crippen LogP contribution in [0.3, 0.4) is 0 Å². The van der Waals surface area contributed by atoms with Crippen LogP contribution < -0.4 is 5.56 Å². The second-order valence-electron chi connectivity index (χ2n) is 9.60. The van der Waals surface area contributed by atoms with Gasteiger partial charge in [0.05, 0.1) is 21.3 Å². The Kier molecular flexibility index (Phi) is 6.66. The molecule has 40 heavy (non-hydrogen) atoms. The smallest absolute Gasteiger partial charge is 0.268 e. The molecule has 0 aliphatic heterocycles. The summed E-state index contributed by atoms with van der Waals surface area (Å²) in [6, 6.07) is 17.3. The van der Waals surface area contributed by atoms with Gasteiger partial charge in [0.2, 0.25) is 0 Å². The van der Waals surface area contributed by atoms with Crippen molar-refractivity contribution in [3.63, 3.8) is 0 Å². The Bertz CT molecular complexity index is 1960. The first-order valence-corrected chi connectivity index (χ1v) is 13.4. The molecule has 0 saturated heterocycles. The summed E-state index contributed by atoms with van der Waals surface area (Å²) in [4.78, 5) is 43.7. The Morgan fingerprint density at radius 1 is 0.875 bits per heavy atom. The third-order valence-electron chi connectivity index (χ3n) is 7.30. The van der Waals surface area contributed by atoms with Gasteiger partial charge in [-0.1, -0.05) is 59.6 Å². The van der Waals surface area contributed by atoms with Crippen LogP contribution in [0, 0.1) is 6.92 Å². The first-order chi connectivity index (χ1) is 19.4. The Morgan fingerprint density at radius 3 is 2.38 bits per heavy atom. The predicted octanol–water partition coefficient (Wildman–Crippen LogP) is 7.15. The van der Waals surface area contributed by atoms with E-state index in [-0.39, 0.29) is 5.56 Å². The van der Waals surface area contributed by atoms with Gasteiger partial charge in [-0.15, -0.1) is 0 Å². The molecular formula is C32H21Cl2N3O3. The molecule has 6 nitrogen and oxygen atoms in total. The van der Waals surface area contributed by atoms with Crippen molar-refractivity contribution in [2.45, 2.75) is 19.8 Å². The van der Waals surface area contributed by atoms with Crippen molar-refractivity contribution in [2.75, 3.05) is 0 Å². The van der Waals surface area contributed by atoms with Crippen LogP contribution in [-0.4, -0.2) is 26.9 Å². The van der Waals surface area contributed by atoms with Gasteiger partial charge in [0.25, 0.3) is 5.56 Å². The molecule has 3 aromatic heterocycles. The Balaban J connectivity index is 1.42. The van der Waals surface area contributed by atoms with E-state index in [1.165, 1.54) is 16.2 Å². The average Bonchev–Trinajstić information content (AvgIpc) is 3.38. The van der Waals surface area contributed by atoms with Crippen molar-refractivity contribution in [1.29, 1.82) is 0 Å². The molecule has 0 bridgehead atoms. The molecule has 0 N–H and O–H groups in total. The summed E-state index contributed by atoms with van der Waals surface area (Å²) in [6.07, 6.45) is 7.81. The number of carbonyl (C=O) groups excluding carboxylic acids is 2. The molecule has 0 unspecified atom stereocenters. The lowest BCUT2D eigenvalue weighted by atomic mass is 9.93. The molecule has 1 aliphatic rings. The van der Waals surface area contributed by atoms with Gasteiger partial charge in [0, 0.05) is 34.8 Å². The van der Waals surface area contributed by atoms with Crippen LogP contribution in [0.5, 0.6) is 0 Å². The summed E-state index contributed by atoms with van der Waals surface area (Å²) in [6.45, 7) is 1.80. The molecule has 0 radical (unpaired) electrons. The minimum absolute atomic E-state index is 0.00259. The molecule has 3 heterocycles. The molecule has 5 aromatic rings. The van der Waals surface area contributed by atoms with Crippen molar-refractivity contribution in [3.05, 3.63) is 121 Å². The number of hydrogen-bond donors (Lipinski definition) is 0. The number of aryl methyl sites for hydroxylation is 1. The summed E-state index contributed by atoms with van der Waals surface area (Å²) in [7, 11) is 0. The highest BCUT2D eigenvalue weighted by molar-refractivity contribution is 6.36. The van der Waals surface area contributed by atoms with E-state index in [0.29, 0.717) is 38.9 Å². The maximum atomic E-state index is 12.5. The maximum absolute atomic E-state index is 12.5. The number of nitrogens with zero attached hydrogens (tertiary/aromatic N) is 3. The lowest BCUT2D eigenvalue weighted by Crippen LogP contribution is -2.18.